The highest BCUT2D eigenvalue weighted by Crippen LogP contribution is 2.36. The lowest BCUT2D eigenvalue weighted by Crippen LogP contribution is -2.53. The minimum Gasteiger partial charge on any atom is -0.396 e. The number of ether oxygens (including phenoxy) is 1. The molecule has 0 aromatic carbocycles. The summed E-state index contributed by atoms with van der Waals surface area (Å²) in [5.41, 5.74) is -0.0544. The Kier molecular flexibility index (Phi) is 3.09. The number of rotatable bonds is 4. The second-order valence-electron chi connectivity index (χ2n) is 5.58. The van der Waals surface area contributed by atoms with Gasteiger partial charge in [0.05, 0.1) is 31.3 Å². The molecule has 1 atom stereocenters. The Morgan fingerprint density at radius 2 is 2.39 bits per heavy atom. The van der Waals surface area contributed by atoms with Crippen molar-refractivity contribution < 1.29 is 9.84 Å². The molecule has 2 fully saturated rings. The average molecular weight is 252 g/mol. The minimum absolute atomic E-state index is 0.0544. The third-order valence-corrected chi connectivity index (χ3v) is 4.10. The maximum atomic E-state index is 9.53. The summed E-state index contributed by atoms with van der Waals surface area (Å²) in [7, 11) is 1.99. The van der Waals surface area contributed by atoms with Crippen LogP contribution in [0.25, 0.3) is 0 Å². The third-order valence-electron chi connectivity index (χ3n) is 4.10. The van der Waals surface area contributed by atoms with Crippen molar-refractivity contribution >= 4 is 0 Å². The molecule has 0 aliphatic carbocycles. The summed E-state index contributed by atoms with van der Waals surface area (Å²) in [6, 6.07) is 0.335. The summed E-state index contributed by atoms with van der Waals surface area (Å²) in [5.74, 6) is 1.03. The lowest BCUT2D eigenvalue weighted by Gasteiger charge is -2.43. The van der Waals surface area contributed by atoms with E-state index in [0.29, 0.717) is 19.3 Å². The molecule has 1 unspecified atom stereocenters. The van der Waals surface area contributed by atoms with Crippen LogP contribution in [-0.2, 0) is 11.8 Å². The van der Waals surface area contributed by atoms with E-state index in [9.17, 15) is 5.11 Å². The van der Waals surface area contributed by atoms with E-state index < -0.39 is 0 Å². The van der Waals surface area contributed by atoms with Crippen molar-refractivity contribution in [1.29, 1.82) is 0 Å². The van der Waals surface area contributed by atoms with E-state index in [1.807, 2.05) is 11.6 Å². The van der Waals surface area contributed by atoms with E-state index in [1.54, 1.807) is 6.33 Å². The molecule has 1 aromatic heterocycles. The first-order valence-electron chi connectivity index (χ1n) is 6.51. The molecule has 0 bridgehead atoms. The lowest BCUT2D eigenvalue weighted by molar-refractivity contribution is -0.149. The minimum atomic E-state index is -0.0544. The molecule has 2 saturated heterocycles. The molecule has 18 heavy (non-hydrogen) atoms. The standard InChI is InChI=1S/C12H20N4O2/c1-15-9-13-14-11(15)10-3-2-4-16(10)5-12(6-17)7-18-8-12/h9-10,17H,2-8H2,1H3. The molecule has 6 nitrogen and oxygen atoms in total. The van der Waals surface area contributed by atoms with E-state index in [2.05, 4.69) is 15.1 Å². The Bertz CT molecular complexity index is 410. The highest BCUT2D eigenvalue weighted by molar-refractivity contribution is 5.01. The molecule has 1 N–H and O–H groups in total. The van der Waals surface area contributed by atoms with Crippen LogP contribution < -0.4 is 0 Å². The fraction of sp³-hybridized carbons (Fsp3) is 0.833. The number of nitrogens with zero attached hydrogens (tertiary/aromatic N) is 4. The van der Waals surface area contributed by atoms with Gasteiger partial charge in [0, 0.05) is 13.6 Å². The molecule has 1 aromatic rings. The summed E-state index contributed by atoms with van der Waals surface area (Å²) >= 11 is 0. The quantitative estimate of drug-likeness (QED) is 0.814. The number of aromatic nitrogens is 3. The van der Waals surface area contributed by atoms with E-state index in [4.69, 9.17) is 4.74 Å². The van der Waals surface area contributed by atoms with Crippen LogP contribution >= 0.6 is 0 Å². The Morgan fingerprint density at radius 3 is 2.94 bits per heavy atom. The first-order valence-corrected chi connectivity index (χ1v) is 6.51. The zero-order chi connectivity index (χ0) is 12.6. The molecule has 0 radical (unpaired) electrons. The fourth-order valence-corrected chi connectivity index (χ4v) is 2.96. The van der Waals surface area contributed by atoms with Crippen molar-refractivity contribution in [3.63, 3.8) is 0 Å². The van der Waals surface area contributed by atoms with Crippen LogP contribution in [0.4, 0.5) is 0 Å². The SMILES string of the molecule is Cn1cnnc1C1CCCN1CC1(CO)COC1. The van der Waals surface area contributed by atoms with Crippen molar-refractivity contribution in [3.8, 4) is 0 Å². The average Bonchev–Trinajstić information content (AvgIpc) is 2.92. The molecule has 0 amide bonds. The van der Waals surface area contributed by atoms with Crippen LogP contribution in [0.15, 0.2) is 6.33 Å². The molecule has 0 saturated carbocycles. The molecule has 100 valence electrons. The van der Waals surface area contributed by atoms with Crippen LogP contribution in [0.3, 0.4) is 0 Å². The normalized spacial score (nSPS) is 27.3. The van der Waals surface area contributed by atoms with Gasteiger partial charge in [-0.3, -0.25) is 4.90 Å². The van der Waals surface area contributed by atoms with Gasteiger partial charge in [-0.05, 0) is 19.4 Å². The zero-order valence-electron chi connectivity index (χ0n) is 10.7. The third kappa shape index (κ3) is 1.94. The van der Waals surface area contributed by atoms with Crippen molar-refractivity contribution in [1.82, 2.24) is 19.7 Å². The van der Waals surface area contributed by atoms with Crippen LogP contribution in [0.1, 0.15) is 24.7 Å². The molecular weight excluding hydrogens is 232 g/mol. The first kappa shape index (κ1) is 12.1. The van der Waals surface area contributed by atoms with Crippen LogP contribution in [0.5, 0.6) is 0 Å². The second-order valence-corrected chi connectivity index (χ2v) is 5.58. The van der Waals surface area contributed by atoms with E-state index in [0.717, 1.165) is 25.3 Å². The second kappa shape index (κ2) is 4.60. The zero-order valence-corrected chi connectivity index (χ0v) is 10.7. The van der Waals surface area contributed by atoms with Gasteiger partial charge in [0.2, 0.25) is 0 Å². The molecule has 0 spiro atoms. The van der Waals surface area contributed by atoms with Crippen LogP contribution in [-0.4, -0.2) is 57.7 Å². The van der Waals surface area contributed by atoms with E-state index in [-0.39, 0.29) is 12.0 Å². The Morgan fingerprint density at radius 1 is 1.56 bits per heavy atom. The van der Waals surface area contributed by atoms with Gasteiger partial charge in [0.25, 0.3) is 0 Å². The van der Waals surface area contributed by atoms with Gasteiger partial charge in [-0.2, -0.15) is 0 Å². The molecule has 3 heterocycles. The maximum absolute atomic E-state index is 9.53. The number of hydrogen-bond donors (Lipinski definition) is 1. The summed E-state index contributed by atoms with van der Waals surface area (Å²) < 4.78 is 7.26. The van der Waals surface area contributed by atoms with Gasteiger partial charge < -0.3 is 14.4 Å². The molecule has 6 heteroatoms. The van der Waals surface area contributed by atoms with Crippen molar-refractivity contribution in [2.24, 2.45) is 12.5 Å². The lowest BCUT2D eigenvalue weighted by atomic mass is 9.86. The number of aliphatic hydroxyl groups excluding tert-OH is 1. The van der Waals surface area contributed by atoms with Crippen LogP contribution in [0, 0.1) is 5.41 Å². The topological polar surface area (TPSA) is 63.4 Å². The fourth-order valence-electron chi connectivity index (χ4n) is 2.96. The van der Waals surface area contributed by atoms with Crippen molar-refractivity contribution in [2.75, 3.05) is 32.9 Å². The van der Waals surface area contributed by atoms with Crippen molar-refractivity contribution in [2.45, 2.75) is 18.9 Å². The van der Waals surface area contributed by atoms with E-state index >= 15 is 0 Å². The van der Waals surface area contributed by atoms with Gasteiger partial charge in [-0.1, -0.05) is 0 Å². The van der Waals surface area contributed by atoms with Crippen molar-refractivity contribution in [3.05, 3.63) is 12.2 Å². The Balaban J connectivity index is 1.74. The highest BCUT2D eigenvalue weighted by Gasteiger charge is 2.42. The molecular formula is C12H20N4O2. The van der Waals surface area contributed by atoms with Gasteiger partial charge in [0.1, 0.15) is 12.2 Å². The monoisotopic (exact) mass is 252 g/mol. The number of aryl methyl sites for hydroxylation is 1. The number of likely N-dealkylation sites (tertiary alicyclic amines) is 1. The number of hydrogen-bond acceptors (Lipinski definition) is 5. The highest BCUT2D eigenvalue weighted by atomic mass is 16.5. The summed E-state index contributed by atoms with van der Waals surface area (Å²) in [6.07, 6.45) is 4.05. The van der Waals surface area contributed by atoms with Crippen LogP contribution in [0.2, 0.25) is 0 Å². The summed E-state index contributed by atoms with van der Waals surface area (Å²) in [6.45, 7) is 3.51. The predicted octanol–water partition coefficient (Wildman–Crippen LogP) is -0.0391. The first-order chi connectivity index (χ1) is 8.74. The summed E-state index contributed by atoms with van der Waals surface area (Å²) in [5, 5.41) is 17.7. The van der Waals surface area contributed by atoms with Gasteiger partial charge >= 0.3 is 0 Å². The van der Waals surface area contributed by atoms with Gasteiger partial charge in [0.15, 0.2) is 0 Å². The largest absolute Gasteiger partial charge is 0.396 e. The van der Waals surface area contributed by atoms with Gasteiger partial charge in [-0.15, -0.1) is 10.2 Å². The number of aliphatic hydroxyl groups is 1. The van der Waals surface area contributed by atoms with E-state index in [1.165, 1.54) is 6.42 Å². The molecule has 2 aliphatic rings. The smallest absolute Gasteiger partial charge is 0.149 e. The Labute approximate surface area is 107 Å². The molecule has 2 aliphatic heterocycles. The molecule has 3 rings (SSSR count). The maximum Gasteiger partial charge on any atom is 0.149 e. The van der Waals surface area contributed by atoms with Gasteiger partial charge in [-0.25, -0.2) is 0 Å². The Hall–Kier alpha value is -0.980. The summed E-state index contributed by atoms with van der Waals surface area (Å²) in [4.78, 5) is 2.42. The predicted molar refractivity (Wildman–Crippen MR) is 64.9 cm³/mol.